The fourth-order valence-electron chi connectivity index (χ4n) is 2.24. The van der Waals surface area contributed by atoms with E-state index in [1.807, 2.05) is 25.1 Å². The third-order valence-electron chi connectivity index (χ3n) is 3.49. The Hall–Kier alpha value is -1.96. The summed E-state index contributed by atoms with van der Waals surface area (Å²) in [6.07, 6.45) is 0. The Morgan fingerprint density at radius 1 is 1.16 bits per heavy atom. The lowest BCUT2D eigenvalue weighted by Gasteiger charge is -2.02. The number of hydrogen-bond acceptors (Lipinski definition) is 6. The molecule has 4 rings (SSSR count). The molecule has 0 unspecified atom stereocenters. The Bertz CT molecular complexity index is 1030. The van der Waals surface area contributed by atoms with E-state index in [-0.39, 0.29) is 11.1 Å². The van der Waals surface area contributed by atoms with Crippen molar-refractivity contribution in [2.75, 3.05) is 0 Å². The van der Waals surface area contributed by atoms with Gasteiger partial charge in [-0.15, -0.1) is 21.5 Å². The first-order chi connectivity index (χ1) is 12.1. The van der Waals surface area contributed by atoms with Crippen LogP contribution in [0.5, 0.6) is 0 Å². The number of thioether (sulfide) groups is 1. The van der Waals surface area contributed by atoms with Crippen molar-refractivity contribution in [2.45, 2.75) is 16.5 Å². The van der Waals surface area contributed by atoms with Crippen LogP contribution in [0, 0.1) is 5.82 Å². The van der Waals surface area contributed by atoms with E-state index in [0.717, 1.165) is 14.6 Å². The van der Waals surface area contributed by atoms with Gasteiger partial charge in [0.1, 0.15) is 5.82 Å². The van der Waals surface area contributed by atoms with Gasteiger partial charge < -0.3 is 4.42 Å². The van der Waals surface area contributed by atoms with Crippen LogP contribution in [0.1, 0.15) is 18.1 Å². The highest BCUT2D eigenvalue weighted by atomic mass is 35.5. The second-order valence-corrected chi connectivity index (χ2v) is 8.36. The minimum Gasteiger partial charge on any atom is -0.419 e. The molecule has 126 valence electrons. The van der Waals surface area contributed by atoms with E-state index >= 15 is 0 Å². The summed E-state index contributed by atoms with van der Waals surface area (Å²) >= 11 is 9.14. The molecule has 0 saturated carbocycles. The first-order valence-corrected chi connectivity index (χ1v) is 9.48. The number of benzene rings is 2. The van der Waals surface area contributed by atoms with Gasteiger partial charge in [0.25, 0.3) is 0 Å². The quantitative estimate of drug-likeness (QED) is 0.400. The van der Waals surface area contributed by atoms with Crippen molar-refractivity contribution in [2.24, 2.45) is 0 Å². The van der Waals surface area contributed by atoms with Crippen molar-refractivity contribution in [1.29, 1.82) is 0 Å². The summed E-state index contributed by atoms with van der Waals surface area (Å²) in [6.45, 7) is 1.98. The summed E-state index contributed by atoms with van der Waals surface area (Å²) in [7, 11) is 0. The fraction of sp³-hybridized carbons (Fsp3) is 0.118. The molecule has 2 aromatic heterocycles. The van der Waals surface area contributed by atoms with Crippen LogP contribution in [-0.2, 0) is 0 Å². The molecule has 0 radical (unpaired) electrons. The van der Waals surface area contributed by atoms with Crippen LogP contribution >= 0.6 is 34.7 Å². The van der Waals surface area contributed by atoms with Gasteiger partial charge in [-0.2, -0.15) is 0 Å². The second kappa shape index (κ2) is 6.74. The van der Waals surface area contributed by atoms with Crippen molar-refractivity contribution in [1.82, 2.24) is 15.2 Å². The van der Waals surface area contributed by atoms with E-state index in [9.17, 15) is 4.39 Å². The van der Waals surface area contributed by atoms with Gasteiger partial charge in [-0.25, -0.2) is 9.37 Å². The van der Waals surface area contributed by atoms with Crippen LogP contribution in [0.25, 0.3) is 21.7 Å². The number of aromatic nitrogens is 3. The van der Waals surface area contributed by atoms with Gasteiger partial charge in [-0.3, -0.25) is 0 Å². The van der Waals surface area contributed by atoms with E-state index in [0.29, 0.717) is 22.4 Å². The van der Waals surface area contributed by atoms with Gasteiger partial charge in [0, 0.05) is 10.6 Å². The van der Waals surface area contributed by atoms with Crippen LogP contribution < -0.4 is 0 Å². The van der Waals surface area contributed by atoms with E-state index in [1.54, 1.807) is 35.2 Å². The van der Waals surface area contributed by atoms with Gasteiger partial charge in [-0.1, -0.05) is 23.4 Å². The van der Waals surface area contributed by atoms with Crippen molar-refractivity contribution in [3.63, 3.8) is 0 Å². The molecule has 0 saturated heterocycles. The Morgan fingerprint density at radius 3 is 2.76 bits per heavy atom. The Morgan fingerprint density at radius 2 is 1.96 bits per heavy atom. The Balaban J connectivity index is 1.54. The summed E-state index contributed by atoms with van der Waals surface area (Å²) < 4.78 is 20.7. The maximum absolute atomic E-state index is 13.0. The average Bonchev–Trinajstić information content (AvgIpc) is 3.21. The third-order valence-corrected chi connectivity index (χ3v) is 5.94. The van der Waals surface area contributed by atoms with Crippen LogP contribution in [0.2, 0.25) is 5.02 Å². The van der Waals surface area contributed by atoms with Crippen LogP contribution in [0.3, 0.4) is 0 Å². The maximum Gasteiger partial charge on any atom is 0.247 e. The lowest BCUT2D eigenvalue weighted by atomic mass is 10.2. The molecule has 25 heavy (non-hydrogen) atoms. The highest BCUT2D eigenvalue weighted by Crippen LogP contribution is 2.39. The number of thiazole rings is 1. The fourth-order valence-corrected chi connectivity index (χ4v) is 4.63. The summed E-state index contributed by atoms with van der Waals surface area (Å²) in [5.74, 6) is 0.573. The maximum atomic E-state index is 13.0. The number of halogens is 2. The molecular formula is C17H11ClFN3OS2. The molecule has 0 fully saturated rings. The molecular weight excluding hydrogens is 381 g/mol. The number of fused-ring (bicyclic) bond motifs is 1. The van der Waals surface area contributed by atoms with E-state index in [1.165, 1.54) is 12.1 Å². The van der Waals surface area contributed by atoms with E-state index in [4.69, 9.17) is 16.0 Å². The highest BCUT2D eigenvalue weighted by molar-refractivity contribution is 8.01. The van der Waals surface area contributed by atoms with Crippen molar-refractivity contribution < 1.29 is 8.81 Å². The van der Waals surface area contributed by atoms with Crippen molar-refractivity contribution in [3.8, 4) is 11.5 Å². The molecule has 0 aliphatic carbocycles. The molecule has 0 spiro atoms. The largest absolute Gasteiger partial charge is 0.419 e. The smallest absolute Gasteiger partial charge is 0.247 e. The van der Waals surface area contributed by atoms with Crippen molar-refractivity contribution in [3.05, 3.63) is 59.2 Å². The first kappa shape index (κ1) is 16.5. The normalized spacial score (nSPS) is 12.6. The lowest BCUT2D eigenvalue weighted by molar-refractivity contribution is 0.509. The molecule has 0 bridgehead atoms. The summed E-state index contributed by atoms with van der Waals surface area (Å²) in [5, 5.41) is 8.76. The Kier molecular flexibility index (Phi) is 4.45. The predicted molar refractivity (Wildman–Crippen MR) is 98.6 cm³/mol. The highest BCUT2D eigenvalue weighted by Gasteiger charge is 2.18. The standard InChI is InChI=1S/C17H11ClFN3OS2/c1-9(24-17-20-13-8-11(18)4-7-14(13)25-17)15-21-22-16(23-15)10-2-5-12(19)6-3-10/h2-9H,1H3/t9-/m1/s1. The van der Waals surface area contributed by atoms with Crippen LogP contribution in [-0.4, -0.2) is 15.2 Å². The summed E-state index contributed by atoms with van der Waals surface area (Å²) in [6, 6.07) is 11.6. The van der Waals surface area contributed by atoms with E-state index in [2.05, 4.69) is 15.2 Å². The molecule has 0 amide bonds. The summed E-state index contributed by atoms with van der Waals surface area (Å²) in [5.41, 5.74) is 1.57. The number of hydrogen-bond donors (Lipinski definition) is 0. The van der Waals surface area contributed by atoms with Gasteiger partial charge in [0.15, 0.2) is 4.34 Å². The second-order valence-electron chi connectivity index (χ2n) is 5.30. The van der Waals surface area contributed by atoms with Crippen LogP contribution in [0.15, 0.2) is 51.2 Å². The monoisotopic (exact) mass is 391 g/mol. The van der Waals surface area contributed by atoms with E-state index < -0.39 is 0 Å². The molecule has 2 aromatic carbocycles. The third kappa shape index (κ3) is 3.53. The molecule has 4 aromatic rings. The zero-order valence-corrected chi connectivity index (χ0v) is 15.3. The molecule has 0 N–H and O–H groups in total. The minimum atomic E-state index is -0.302. The van der Waals surface area contributed by atoms with Gasteiger partial charge in [0.05, 0.1) is 15.5 Å². The van der Waals surface area contributed by atoms with Gasteiger partial charge >= 0.3 is 0 Å². The molecule has 8 heteroatoms. The van der Waals surface area contributed by atoms with Gasteiger partial charge in [0.2, 0.25) is 11.8 Å². The predicted octanol–water partition coefficient (Wildman–Crippen LogP) is 5.99. The first-order valence-electron chi connectivity index (χ1n) is 7.40. The molecule has 0 aliphatic heterocycles. The lowest BCUT2D eigenvalue weighted by Crippen LogP contribution is -1.88. The van der Waals surface area contributed by atoms with Gasteiger partial charge in [-0.05, 0) is 49.4 Å². The number of rotatable bonds is 4. The zero-order valence-electron chi connectivity index (χ0n) is 12.9. The Labute approximate surface area is 156 Å². The molecule has 1 atom stereocenters. The SMILES string of the molecule is C[C@@H](Sc1nc2cc(Cl)ccc2s1)c1nnc(-c2ccc(F)cc2)o1. The zero-order chi connectivity index (χ0) is 17.4. The summed E-state index contributed by atoms with van der Waals surface area (Å²) in [4.78, 5) is 4.58. The molecule has 4 nitrogen and oxygen atoms in total. The topological polar surface area (TPSA) is 51.8 Å². The number of nitrogens with zero attached hydrogens (tertiary/aromatic N) is 3. The molecule has 2 heterocycles. The van der Waals surface area contributed by atoms with Crippen LogP contribution in [0.4, 0.5) is 4.39 Å². The molecule has 0 aliphatic rings. The van der Waals surface area contributed by atoms with Crippen molar-refractivity contribution >= 4 is 44.9 Å². The average molecular weight is 392 g/mol. The minimum absolute atomic E-state index is 0.0577.